The van der Waals surface area contributed by atoms with E-state index in [4.69, 9.17) is 10.8 Å². The Kier molecular flexibility index (Phi) is 6.28. The molecule has 1 aliphatic heterocycles. The summed E-state index contributed by atoms with van der Waals surface area (Å²) in [7, 11) is 0. The molecule has 1 aliphatic rings. The summed E-state index contributed by atoms with van der Waals surface area (Å²) in [6.07, 6.45) is 1.34. The van der Waals surface area contributed by atoms with Crippen LogP contribution in [-0.2, 0) is 14.4 Å². The molecule has 0 bridgehead atoms. The number of hydrogen-bond donors (Lipinski definition) is 3. The zero-order valence-corrected chi connectivity index (χ0v) is 12.1. The van der Waals surface area contributed by atoms with Crippen molar-refractivity contribution >= 4 is 29.6 Å². The maximum Gasteiger partial charge on any atom is 0.327 e. The van der Waals surface area contributed by atoms with E-state index in [1.807, 2.05) is 6.92 Å². The van der Waals surface area contributed by atoms with Crippen LogP contribution in [0.2, 0.25) is 0 Å². The smallest absolute Gasteiger partial charge is 0.327 e. The molecule has 0 aromatic heterocycles. The highest BCUT2D eigenvalue weighted by atomic mass is 32.2. The van der Waals surface area contributed by atoms with Gasteiger partial charge >= 0.3 is 11.9 Å². The second kappa shape index (κ2) is 7.49. The normalized spacial score (nSPS) is 23.6. The molecule has 1 saturated heterocycles. The first-order chi connectivity index (χ1) is 9.38. The van der Waals surface area contributed by atoms with Crippen molar-refractivity contribution in [3.05, 3.63) is 0 Å². The fraction of sp³-hybridized carbons (Fsp3) is 0.750. The van der Waals surface area contributed by atoms with Crippen molar-refractivity contribution in [1.29, 1.82) is 0 Å². The molecule has 0 aromatic carbocycles. The lowest BCUT2D eigenvalue weighted by Gasteiger charge is -2.29. The summed E-state index contributed by atoms with van der Waals surface area (Å²) in [5.41, 5.74) is 5.71. The van der Waals surface area contributed by atoms with Gasteiger partial charge in [-0.3, -0.25) is 9.59 Å². The Balaban J connectivity index is 2.77. The first-order valence-corrected chi connectivity index (χ1v) is 7.57. The van der Waals surface area contributed by atoms with Crippen molar-refractivity contribution in [1.82, 2.24) is 4.90 Å². The van der Waals surface area contributed by atoms with Gasteiger partial charge in [0.25, 0.3) is 0 Å². The average Bonchev–Trinajstić information content (AvgIpc) is 2.79. The highest BCUT2D eigenvalue weighted by Gasteiger charge is 2.42. The van der Waals surface area contributed by atoms with Crippen LogP contribution in [0.15, 0.2) is 0 Å². The van der Waals surface area contributed by atoms with Crippen LogP contribution < -0.4 is 5.73 Å². The lowest BCUT2D eigenvalue weighted by Crippen LogP contribution is -2.52. The molecule has 1 rings (SSSR count). The molecule has 0 spiro atoms. The molecular weight excluding hydrogens is 284 g/mol. The van der Waals surface area contributed by atoms with Crippen molar-refractivity contribution in [3.63, 3.8) is 0 Å². The molecular formula is C12H20N2O5S. The molecule has 3 unspecified atom stereocenters. The minimum Gasteiger partial charge on any atom is -0.481 e. The molecule has 0 saturated carbocycles. The summed E-state index contributed by atoms with van der Waals surface area (Å²) >= 11 is 1.43. The summed E-state index contributed by atoms with van der Waals surface area (Å²) in [6, 6.07) is -1.84. The van der Waals surface area contributed by atoms with Gasteiger partial charge in [-0.15, -0.1) is 11.8 Å². The van der Waals surface area contributed by atoms with Crippen LogP contribution in [0.5, 0.6) is 0 Å². The lowest BCUT2D eigenvalue weighted by atomic mass is 10.1. The number of thioether (sulfide) groups is 1. The first kappa shape index (κ1) is 16.8. The predicted octanol–water partition coefficient (Wildman–Crippen LogP) is 0.333. The fourth-order valence-electron chi connectivity index (χ4n) is 2.11. The zero-order chi connectivity index (χ0) is 15.3. The van der Waals surface area contributed by atoms with E-state index in [9.17, 15) is 19.5 Å². The van der Waals surface area contributed by atoms with Crippen molar-refractivity contribution in [3.8, 4) is 0 Å². The molecule has 0 aliphatic carbocycles. The van der Waals surface area contributed by atoms with Crippen LogP contribution in [0.1, 0.15) is 32.6 Å². The third-order valence-corrected chi connectivity index (χ3v) is 4.51. The highest BCUT2D eigenvalue weighted by Crippen LogP contribution is 2.32. The average molecular weight is 304 g/mol. The van der Waals surface area contributed by atoms with Crippen molar-refractivity contribution in [2.24, 2.45) is 5.73 Å². The minimum absolute atomic E-state index is 0.0144. The van der Waals surface area contributed by atoms with E-state index in [0.29, 0.717) is 12.2 Å². The predicted molar refractivity (Wildman–Crippen MR) is 74.3 cm³/mol. The number of nitrogens with two attached hydrogens (primary N) is 1. The van der Waals surface area contributed by atoms with Crippen LogP contribution in [0, 0.1) is 0 Å². The molecule has 8 heteroatoms. The number of carboxylic acids is 2. The Labute approximate surface area is 121 Å². The van der Waals surface area contributed by atoms with Crippen LogP contribution in [0.25, 0.3) is 0 Å². The van der Waals surface area contributed by atoms with Crippen LogP contribution in [0.4, 0.5) is 0 Å². The van der Waals surface area contributed by atoms with Gasteiger partial charge in [-0.05, 0) is 12.8 Å². The van der Waals surface area contributed by atoms with Gasteiger partial charge in [0.1, 0.15) is 6.04 Å². The van der Waals surface area contributed by atoms with E-state index in [0.717, 1.165) is 6.42 Å². The van der Waals surface area contributed by atoms with Gasteiger partial charge in [0.15, 0.2) is 0 Å². The van der Waals surface area contributed by atoms with Crippen molar-refractivity contribution < 1.29 is 24.6 Å². The summed E-state index contributed by atoms with van der Waals surface area (Å²) in [5.74, 6) is -2.20. The van der Waals surface area contributed by atoms with E-state index < -0.39 is 29.9 Å². The third kappa shape index (κ3) is 4.11. The lowest BCUT2D eigenvalue weighted by molar-refractivity contribution is -0.150. The van der Waals surface area contributed by atoms with E-state index in [1.165, 1.54) is 16.7 Å². The quantitative estimate of drug-likeness (QED) is 0.620. The SMILES string of the molecule is CCCC1SCC(C(=O)O)N1C(=O)C(N)CCC(=O)O. The number of carbonyl (C=O) groups excluding carboxylic acids is 1. The van der Waals surface area contributed by atoms with Crippen molar-refractivity contribution in [2.45, 2.75) is 50.1 Å². The Bertz CT molecular complexity index is 390. The molecule has 0 aromatic rings. The maximum atomic E-state index is 12.3. The van der Waals surface area contributed by atoms with E-state index in [-0.39, 0.29) is 18.2 Å². The van der Waals surface area contributed by atoms with E-state index in [1.54, 1.807) is 0 Å². The zero-order valence-electron chi connectivity index (χ0n) is 11.3. The number of aliphatic carboxylic acids is 2. The Hall–Kier alpha value is -1.28. The second-order valence-electron chi connectivity index (χ2n) is 4.72. The molecule has 4 N–H and O–H groups in total. The van der Waals surface area contributed by atoms with Crippen LogP contribution in [0.3, 0.4) is 0 Å². The van der Waals surface area contributed by atoms with Crippen LogP contribution >= 0.6 is 11.8 Å². The van der Waals surface area contributed by atoms with Gasteiger partial charge in [-0.25, -0.2) is 4.79 Å². The summed E-state index contributed by atoms with van der Waals surface area (Å²) in [6.45, 7) is 1.96. The highest BCUT2D eigenvalue weighted by molar-refractivity contribution is 8.00. The fourth-order valence-corrected chi connectivity index (χ4v) is 3.63. The molecule has 0 radical (unpaired) electrons. The Morgan fingerprint density at radius 1 is 1.40 bits per heavy atom. The Morgan fingerprint density at radius 3 is 2.55 bits per heavy atom. The molecule has 1 heterocycles. The van der Waals surface area contributed by atoms with Gasteiger partial charge in [-0.2, -0.15) is 0 Å². The van der Waals surface area contributed by atoms with Crippen molar-refractivity contribution in [2.75, 3.05) is 5.75 Å². The number of carboxylic acid groups (broad SMARTS) is 2. The summed E-state index contributed by atoms with van der Waals surface area (Å²) in [5, 5.41) is 17.6. The summed E-state index contributed by atoms with van der Waals surface area (Å²) < 4.78 is 0. The number of carbonyl (C=O) groups is 3. The standard InChI is InChI=1S/C12H20N2O5S/c1-2-3-9-14(8(6-20-9)12(18)19)11(17)7(13)4-5-10(15)16/h7-9H,2-6,13H2,1H3,(H,15,16)(H,18,19). The van der Waals surface area contributed by atoms with Gasteiger partial charge in [0.2, 0.25) is 5.91 Å². The third-order valence-electron chi connectivity index (χ3n) is 3.15. The monoisotopic (exact) mass is 304 g/mol. The van der Waals surface area contributed by atoms with Gasteiger partial charge in [0, 0.05) is 12.2 Å². The molecule has 20 heavy (non-hydrogen) atoms. The molecule has 7 nitrogen and oxygen atoms in total. The van der Waals surface area contributed by atoms with Crippen LogP contribution in [-0.4, -0.2) is 56.2 Å². The summed E-state index contributed by atoms with van der Waals surface area (Å²) in [4.78, 5) is 35.3. The topological polar surface area (TPSA) is 121 Å². The minimum atomic E-state index is -1.05. The molecule has 114 valence electrons. The largest absolute Gasteiger partial charge is 0.481 e. The number of hydrogen-bond acceptors (Lipinski definition) is 5. The first-order valence-electron chi connectivity index (χ1n) is 6.52. The molecule has 3 atom stereocenters. The number of amides is 1. The van der Waals surface area contributed by atoms with Gasteiger partial charge in [0.05, 0.1) is 11.4 Å². The number of nitrogens with zero attached hydrogens (tertiary/aromatic N) is 1. The van der Waals surface area contributed by atoms with E-state index >= 15 is 0 Å². The maximum absolute atomic E-state index is 12.3. The second-order valence-corrected chi connectivity index (χ2v) is 5.93. The number of rotatable bonds is 7. The van der Waals surface area contributed by atoms with E-state index in [2.05, 4.69) is 0 Å². The van der Waals surface area contributed by atoms with Gasteiger partial charge < -0.3 is 20.8 Å². The van der Waals surface area contributed by atoms with Gasteiger partial charge in [-0.1, -0.05) is 13.3 Å². The molecule has 1 fully saturated rings. The Morgan fingerprint density at radius 2 is 2.05 bits per heavy atom. The molecule has 1 amide bonds.